The fraction of sp³-hybridized carbons (Fsp3) is 0.458. The Hall–Kier alpha value is -2.62. The van der Waals surface area contributed by atoms with Gasteiger partial charge in [0.1, 0.15) is 16.4 Å². The summed E-state index contributed by atoms with van der Waals surface area (Å²) in [6, 6.07) is 10.5. The highest BCUT2D eigenvalue weighted by Crippen LogP contribution is 2.31. The first-order valence-corrected chi connectivity index (χ1v) is 12.4. The largest absolute Gasteiger partial charge is 0.495 e. The number of nitrogens with zero attached hydrogens (tertiary/aromatic N) is 1. The maximum atomic E-state index is 13.2. The molecule has 0 spiro atoms. The Morgan fingerprint density at radius 2 is 1.76 bits per heavy atom. The molecule has 180 valence electrons. The molecule has 3 rings (SSSR count). The summed E-state index contributed by atoms with van der Waals surface area (Å²) < 4.78 is 44.2. The molecule has 8 nitrogen and oxygen atoms in total. The van der Waals surface area contributed by atoms with E-state index in [9.17, 15) is 13.2 Å². The third-order valence-corrected chi connectivity index (χ3v) is 7.40. The van der Waals surface area contributed by atoms with E-state index in [0.717, 1.165) is 11.1 Å². The van der Waals surface area contributed by atoms with E-state index < -0.39 is 16.1 Å². The number of anilines is 1. The second-order valence-corrected chi connectivity index (χ2v) is 10.2. The SMILES string of the molecule is COc1ccc(NC(=O)[C@H](C)Oc2cc(C)ccc2C(C)C)cc1S(=O)(=O)N1CCOCC1. The van der Waals surface area contributed by atoms with E-state index in [2.05, 4.69) is 19.2 Å². The number of benzene rings is 2. The summed E-state index contributed by atoms with van der Waals surface area (Å²) in [6.07, 6.45) is -0.786. The van der Waals surface area contributed by atoms with Gasteiger partial charge in [-0.2, -0.15) is 4.31 Å². The molecule has 0 saturated carbocycles. The Kier molecular flexibility index (Phi) is 7.99. The summed E-state index contributed by atoms with van der Waals surface area (Å²) in [5, 5.41) is 2.76. The van der Waals surface area contributed by atoms with Gasteiger partial charge in [0, 0.05) is 18.8 Å². The minimum atomic E-state index is -3.81. The highest BCUT2D eigenvalue weighted by atomic mass is 32.2. The lowest BCUT2D eigenvalue weighted by molar-refractivity contribution is -0.122. The fourth-order valence-electron chi connectivity index (χ4n) is 3.59. The third kappa shape index (κ3) is 5.85. The van der Waals surface area contributed by atoms with Crippen LogP contribution in [0.15, 0.2) is 41.3 Å². The molecule has 2 aromatic carbocycles. The molecule has 0 unspecified atom stereocenters. The smallest absolute Gasteiger partial charge is 0.265 e. The first-order valence-electron chi connectivity index (χ1n) is 11.0. The van der Waals surface area contributed by atoms with Gasteiger partial charge in [-0.1, -0.05) is 26.0 Å². The maximum absolute atomic E-state index is 13.2. The molecule has 9 heteroatoms. The van der Waals surface area contributed by atoms with Crippen LogP contribution in [0.5, 0.6) is 11.5 Å². The van der Waals surface area contributed by atoms with Gasteiger partial charge in [-0.25, -0.2) is 8.42 Å². The van der Waals surface area contributed by atoms with E-state index in [-0.39, 0.29) is 35.6 Å². The predicted octanol–water partition coefficient (Wildman–Crippen LogP) is 3.55. The monoisotopic (exact) mass is 476 g/mol. The molecule has 1 aliphatic heterocycles. The topological polar surface area (TPSA) is 94.2 Å². The van der Waals surface area contributed by atoms with Crippen LogP contribution >= 0.6 is 0 Å². The predicted molar refractivity (Wildman–Crippen MR) is 127 cm³/mol. The fourth-order valence-corrected chi connectivity index (χ4v) is 5.18. The summed E-state index contributed by atoms with van der Waals surface area (Å²) in [5.74, 6) is 0.736. The van der Waals surface area contributed by atoms with E-state index >= 15 is 0 Å². The van der Waals surface area contributed by atoms with Crippen LogP contribution in [-0.4, -0.2) is 58.1 Å². The summed E-state index contributed by atoms with van der Waals surface area (Å²) in [7, 11) is -2.39. The zero-order valence-corrected chi connectivity index (χ0v) is 20.6. The first kappa shape index (κ1) is 25.0. The van der Waals surface area contributed by atoms with Crippen LogP contribution in [0.4, 0.5) is 5.69 Å². The van der Waals surface area contributed by atoms with Gasteiger partial charge in [0.25, 0.3) is 5.91 Å². The zero-order chi connectivity index (χ0) is 24.2. The number of hydrogen-bond donors (Lipinski definition) is 1. The highest BCUT2D eigenvalue weighted by Gasteiger charge is 2.30. The Labute approximate surface area is 195 Å². The van der Waals surface area contributed by atoms with Crippen LogP contribution in [0.1, 0.15) is 37.8 Å². The zero-order valence-electron chi connectivity index (χ0n) is 19.8. The average molecular weight is 477 g/mol. The van der Waals surface area contributed by atoms with Gasteiger partial charge in [0.05, 0.1) is 20.3 Å². The van der Waals surface area contributed by atoms with Crippen molar-refractivity contribution >= 4 is 21.6 Å². The van der Waals surface area contributed by atoms with Crippen LogP contribution in [0.3, 0.4) is 0 Å². The molecule has 1 atom stereocenters. The lowest BCUT2D eigenvalue weighted by Crippen LogP contribution is -2.40. The number of carbonyl (C=O) groups is 1. The van der Waals surface area contributed by atoms with Crippen LogP contribution in [0, 0.1) is 6.92 Å². The lowest BCUT2D eigenvalue weighted by Gasteiger charge is -2.27. The van der Waals surface area contributed by atoms with Crippen molar-refractivity contribution in [2.75, 3.05) is 38.7 Å². The van der Waals surface area contributed by atoms with Gasteiger partial charge in [0.15, 0.2) is 6.10 Å². The van der Waals surface area contributed by atoms with E-state index in [1.54, 1.807) is 13.0 Å². The number of morpholine rings is 1. The van der Waals surface area contributed by atoms with Crippen molar-refractivity contribution in [1.82, 2.24) is 4.31 Å². The van der Waals surface area contributed by atoms with Crippen LogP contribution in [0.2, 0.25) is 0 Å². The Morgan fingerprint density at radius 1 is 1.06 bits per heavy atom. The Balaban J connectivity index is 1.80. The van der Waals surface area contributed by atoms with Gasteiger partial charge in [-0.05, 0) is 55.2 Å². The van der Waals surface area contributed by atoms with Crippen LogP contribution in [0.25, 0.3) is 0 Å². The molecule has 0 aromatic heterocycles. The second kappa shape index (κ2) is 10.5. The molecular weight excluding hydrogens is 444 g/mol. The molecule has 1 aliphatic rings. The number of carbonyl (C=O) groups excluding carboxylic acids is 1. The van der Waals surface area contributed by atoms with Crippen LogP contribution < -0.4 is 14.8 Å². The third-order valence-electron chi connectivity index (χ3n) is 5.48. The standard InChI is InChI=1S/C24H32N2O6S/c1-16(2)20-8-6-17(3)14-22(20)32-18(4)24(27)25-19-7-9-21(30-5)23(15-19)33(28,29)26-10-12-31-13-11-26/h6-9,14-16,18H,10-13H2,1-5H3,(H,25,27)/t18-/m0/s1. The molecule has 1 N–H and O–H groups in total. The van der Waals surface area contributed by atoms with Crippen molar-refractivity contribution in [3.8, 4) is 11.5 Å². The molecule has 2 aromatic rings. The number of sulfonamides is 1. The van der Waals surface area contributed by atoms with E-state index in [0.29, 0.717) is 24.7 Å². The first-order chi connectivity index (χ1) is 15.6. The normalized spacial score (nSPS) is 15.8. The number of nitrogens with one attached hydrogen (secondary N) is 1. The minimum Gasteiger partial charge on any atom is -0.495 e. The highest BCUT2D eigenvalue weighted by molar-refractivity contribution is 7.89. The Morgan fingerprint density at radius 3 is 2.39 bits per heavy atom. The molecule has 33 heavy (non-hydrogen) atoms. The number of hydrogen-bond acceptors (Lipinski definition) is 6. The summed E-state index contributed by atoms with van der Waals surface area (Å²) in [5.41, 5.74) is 2.40. The van der Waals surface area contributed by atoms with Crippen molar-refractivity contribution in [3.05, 3.63) is 47.5 Å². The number of methoxy groups -OCH3 is 1. The van der Waals surface area contributed by atoms with Crippen molar-refractivity contribution < 1.29 is 27.4 Å². The molecule has 0 aliphatic carbocycles. The maximum Gasteiger partial charge on any atom is 0.265 e. The van der Waals surface area contributed by atoms with Gasteiger partial charge in [-0.15, -0.1) is 0 Å². The Bertz CT molecular complexity index is 1090. The minimum absolute atomic E-state index is 0.000880. The molecule has 0 radical (unpaired) electrons. The quantitative estimate of drug-likeness (QED) is 0.626. The van der Waals surface area contributed by atoms with Crippen molar-refractivity contribution in [2.45, 2.75) is 44.6 Å². The van der Waals surface area contributed by atoms with Gasteiger partial charge in [0.2, 0.25) is 10.0 Å². The van der Waals surface area contributed by atoms with E-state index in [1.165, 1.54) is 23.5 Å². The molecular formula is C24H32N2O6S. The molecule has 1 amide bonds. The molecule has 1 heterocycles. The number of rotatable bonds is 8. The molecule has 1 saturated heterocycles. The van der Waals surface area contributed by atoms with Gasteiger partial charge < -0.3 is 19.5 Å². The molecule has 1 fully saturated rings. The average Bonchev–Trinajstić information content (AvgIpc) is 2.79. The number of amides is 1. The van der Waals surface area contributed by atoms with Crippen molar-refractivity contribution in [3.63, 3.8) is 0 Å². The summed E-state index contributed by atoms with van der Waals surface area (Å²) in [4.78, 5) is 12.9. The van der Waals surface area contributed by atoms with Crippen LogP contribution in [-0.2, 0) is 19.6 Å². The lowest BCUT2D eigenvalue weighted by atomic mass is 10.0. The molecule has 0 bridgehead atoms. The number of ether oxygens (including phenoxy) is 3. The van der Waals surface area contributed by atoms with Crippen molar-refractivity contribution in [2.24, 2.45) is 0 Å². The number of aryl methyl sites for hydroxylation is 1. The van der Waals surface area contributed by atoms with Gasteiger partial charge >= 0.3 is 0 Å². The van der Waals surface area contributed by atoms with E-state index in [1.807, 2.05) is 25.1 Å². The van der Waals surface area contributed by atoms with Gasteiger partial charge in [-0.3, -0.25) is 4.79 Å². The summed E-state index contributed by atoms with van der Waals surface area (Å²) in [6.45, 7) is 8.97. The van der Waals surface area contributed by atoms with E-state index in [4.69, 9.17) is 14.2 Å². The second-order valence-electron chi connectivity index (χ2n) is 8.33. The van der Waals surface area contributed by atoms with Crippen molar-refractivity contribution in [1.29, 1.82) is 0 Å². The summed E-state index contributed by atoms with van der Waals surface area (Å²) >= 11 is 0.